The van der Waals surface area contributed by atoms with E-state index < -0.39 is 15.6 Å². The molecular formula is C16H19N5O5S2. The fraction of sp³-hybridized carbons (Fsp3) is 0.312. The lowest BCUT2D eigenvalue weighted by molar-refractivity contribution is -0.113. The summed E-state index contributed by atoms with van der Waals surface area (Å²) in [5.41, 5.74) is 5.44. The molecular weight excluding hydrogens is 406 g/mol. The largest absolute Gasteiger partial charge is 0.383 e. The second-order valence-corrected chi connectivity index (χ2v) is 8.76. The predicted octanol–water partition coefficient (Wildman–Crippen LogP) is 0.104. The number of benzene rings is 1. The number of rotatable bonds is 6. The van der Waals surface area contributed by atoms with Gasteiger partial charge in [-0.1, -0.05) is 17.8 Å². The average Bonchev–Trinajstić information content (AvgIpc) is 2.66. The number of aromatic amines is 1. The molecule has 10 nitrogen and oxygen atoms in total. The molecule has 1 fully saturated rings. The Balaban J connectivity index is 1.65. The van der Waals surface area contributed by atoms with Gasteiger partial charge in [0.15, 0.2) is 5.16 Å². The van der Waals surface area contributed by atoms with Crippen LogP contribution in [-0.4, -0.2) is 60.7 Å². The Morgan fingerprint density at radius 3 is 2.79 bits per heavy atom. The smallest absolute Gasteiger partial charge is 0.253 e. The topological polar surface area (TPSA) is 147 Å². The third kappa shape index (κ3) is 5.10. The maximum atomic E-state index is 12.7. The molecule has 1 amide bonds. The van der Waals surface area contributed by atoms with E-state index in [0.717, 1.165) is 17.8 Å². The third-order valence-corrected chi connectivity index (χ3v) is 6.57. The van der Waals surface area contributed by atoms with E-state index in [4.69, 9.17) is 10.5 Å². The first-order chi connectivity index (χ1) is 13.3. The molecule has 4 N–H and O–H groups in total. The van der Waals surface area contributed by atoms with E-state index in [1.807, 2.05) is 0 Å². The number of morpholine rings is 1. The zero-order valence-electron chi connectivity index (χ0n) is 14.8. The van der Waals surface area contributed by atoms with Gasteiger partial charge in [-0.05, 0) is 18.2 Å². The monoisotopic (exact) mass is 425 g/mol. The molecule has 1 aromatic carbocycles. The summed E-state index contributed by atoms with van der Waals surface area (Å²) >= 11 is 1.01. The molecule has 1 aromatic heterocycles. The lowest BCUT2D eigenvalue weighted by Gasteiger charge is -2.26. The Bertz CT molecular complexity index is 1020. The highest BCUT2D eigenvalue weighted by atomic mass is 32.2. The standard InChI is InChI=1S/C16H19N5O5S2/c17-13-9-14(22)20-16(19-13)27-10-15(23)18-11-2-1-3-12(8-11)28(24,25)21-4-6-26-7-5-21/h1-3,8-9H,4-7,10H2,(H,18,23)(H3,17,19,20,22). The maximum Gasteiger partial charge on any atom is 0.253 e. The van der Waals surface area contributed by atoms with Gasteiger partial charge in [-0.2, -0.15) is 4.31 Å². The number of ether oxygens (including phenoxy) is 1. The van der Waals surface area contributed by atoms with Crippen molar-refractivity contribution in [1.82, 2.24) is 14.3 Å². The molecule has 12 heteroatoms. The molecule has 1 aliphatic rings. The highest BCUT2D eigenvalue weighted by Crippen LogP contribution is 2.21. The van der Waals surface area contributed by atoms with Crippen LogP contribution in [0.2, 0.25) is 0 Å². The van der Waals surface area contributed by atoms with Crippen molar-refractivity contribution in [1.29, 1.82) is 0 Å². The summed E-state index contributed by atoms with van der Waals surface area (Å²) in [6, 6.07) is 7.20. The van der Waals surface area contributed by atoms with Crippen molar-refractivity contribution in [3.63, 3.8) is 0 Å². The summed E-state index contributed by atoms with van der Waals surface area (Å²) in [4.78, 5) is 30.0. The van der Waals surface area contributed by atoms with E-state index in [9.17, 15) is 18.0 Å². The lowest BCUT2D eigenvalue weighted by Crippen LogP contribution is -2.40. The van der Waals surface area contributed by atoms with Crippen LogP contribution in [0.4, 0.5) is 11.5 Å². The number of nitrogens with zero attached hydrogens (tertiary/aromatic N) is 2. The summed E-state index contributed by atoms with van der Waals surface area (Å²) < 4.78 is 31.9. The fourth-order valence-corrected chi connectivity index (χ4v) is 4.66. The van der Waals surface area contributed by atoms with E-state index in [1.54, 1.807) is 12.1 Å². The number of nitrogens with two attached hydrogens (primary N) is 1. The fourth-order valence-electron chi connectivity index (χ4n) is 2.52. The van der Waals surface area contributed by atoms with Gasteiger partial charge in [-0.25, -0.2) is 13.4 Å². The number of hydrogen-bond acceptors (Lipinski definition) is 8. The molecule has 1 aliphatic heterocycles. The van der Waals surface area contributed by atoms with Crippen LogP contribution in [-0.2, 0) is 19.6 Å². The number of sulfonamides is 1. The van der Waals surface area contributed by atoms with Gasteiger partial charge in [0.05, 0.1) is 23.9 Å². The SMILES string of the molecule is Nc1cc(=O)[nH]c(SCC(=O)Nc2cccc(S(=O)(=O)N3CCOCC3)c2)n1. The number of carbonyl (C=O) groups is 1. The quantitative estimate of drug-likeness (QED) is 0.436. The molecule has 0 spiro atoms. The van der Waals surface area contributed by atoms with E-state index in [1.165, 1.54) is 16.4 Å². The van der Waals surface area contributed by atoms with Crippen molar-refractivity contribution in [3.8, 4) is 0 Å². The van der Waals surface area contributed by atoms with Gasteiger partial charge in [-0.3, -0.25) is 9.59 Å². The van der Waals surface area contributed by atoms with Crippen molar-refractivity contribution >= 4 is 39.2 Å². The van der Waals surface area contributed by atoms with Gasteiger partial charge >= 0.3 is 0 Å². The van der Waals surface area contributed by atoms with Crippen molar-refractivity contribution < 1.29 is 17.9 Å². The van der Waals surface area contributed by atoms with Crippen LogP contribution in [0.1, 0.15) is 0 Å². The molecule has 0 atom stereocenters. The minimum absolute atomic E-state index is 0.0349. The minimum Gasteiger partial charge on any atom is -0.383 e. The summed E-state index contributed by atoms with van der Waals surface area (Å²) in [5, 5.41) is 2.86. The van der Waals surface area contributed by atoms with Gasteiger partial charge < -0.3 is 20.8 Å². The van der Waals surface area contributed by atoms with Crippen LogP contribution in [0, 0.1) is 0 Å². The number of nitrogens with one attached hydrogen (secondary N) is 2. The molecule has 2 aromatic rings. The highest BCUT2D eigenvalue weighted by Gasteiger charge is 2.26. The van der Waals surface area contributed by atoms with Crippen LogP contribution < -0.4 is 16.6 Å². The summed E-state index contributed by atoms with van der Waals surface area (Å²) in [7, 11) is -3.65. The second kappa shape index (κ2) is 8.73. The number of H-pyrrole nitrogens is 1. The first-order valence-electron chi connectivity index (χ1n) is 8.32. The van der Waals surface area contributed by atoms with Gasteiger partial charge in [0, 0.05) is 24.8 Å². The molecule has 0 radical (unpaired) electrons. The zero-order chi connectivity index (χ0) is 20.1. The highest BCUT2D eigenvalue weighted by molar-refractivity contribution is 7.99. The van der Waals surface area contributed by atoms with E-state index in [0.29, 0.717) is 32.0 Å². The predicted molar refractivity (Wildman–Crippen MR) is 105 cm³/mol. The van der Waals surface area contributed by atoms with Gasteiger partial charge in [0.2, 0.25) is 15.9 Å². The number of hydrogen-bond donors (Lipinski definition) is 3. The third-order valence-electron chi connectivity index (χ3n) is 3.81. The number of thioether (sulfide) groups is 1. The molecule has 0 unspecified atom stereocenters. The average molecular weight is 425 g/mol. The first-order valence-corrected chi connectivity index (χ1v) is 10.7. The number of nitrogen functional groups attached to an aromatic ring is 1. The minimum atomic E-state index is -3.65. The van der Waals surface area contributed by atoms with Gasteiger partial charge in [-0.15, -0.1) is 0 Å². The van der Waals surface area contributed by atoms with Crippen LogP contribution in [0.15, 0.2) is 45.2 Å². The van der Waals surface area contributed by atoms with Crippen molar-refractivity contribution in [2.45, 2.75) is 10.1 Å². The Labute approximate surface area is 165 Å². The summed E-state index contributed by atoms with van der Waals surface area (Å²) in [6.07, 6.45) is 0. The first kappa shape index (κ1) is 20.3. The lowest BCUT2D eigenvalue weighted by atomic mass is 10.3. The van der Waals surface area contributed by atoms with E-state index >= 15 is 0 Å². The summed E-state index contributed by atoms with van der Waals surface area (Å²) in [6.45, 7) is 1.29. The number of amides is 1. The number of carbonyl (C=O) groups excluding carboxylic acids is 1. The normalized spacial score (nSPS) is 15.3. The second-order valence-electron chi connectivity index (χ2n) is 5.86. The summed E-state index contributed by atoms with van der Waals surface area (Å²) in [5.74, 6) is -0.351. The number of anilines is 2. The van der Waals surface area contributed by atoms with E-state index in [2.05, 4.69) is 15.3 Å². The maximum absolute atomic E-state index is 12.7. The molecule has 1 saturated heterocycles. The molecule has 0 bridgehead atoms. The molecule has 0 aliphatic carbocycles. The molecule has 150 valence electrons. The van der Waals surface area contributed by atoms with E-state index in [-0.39, 0.29) is 27.5 Å². The Kier molecular flexibility index (Phi) is 6.34. The Morgan fingerprint density at radius 2 is 2.07 bits per heavy atom. The molecule has 2 heterocycles. The molecule has 0 saturated carbocycles. The Morgan fingerprint density at radius 1 is 1.32 bits per heavy atom. The number of aromatic nitrogens is 2. The van der Waals surface area contributed by atoms with Crippen molar-refractivity contribution in [2.75, 3.05) is 43.1 Å². The zero-order valence-corrected chi connectivity index (χ0v) is 16.4. The van der Waals surface area contributed by atoms with Crippen LogP contribution in [0.5, 0.6) is 0 Å². The van der Waals surface area contributed by atoms with Crippen molar-refractivity contribution in [3.05, 3.63) is 40.7 Å². The Hall–Kier alpha value is -2.41. The van der Waals surface area contributed by atoms with Gasteiger partial charge in [0.25, 0.3) is 5.56 Å². The van der Waals surface area contributed by atoms with Crippen LogP contribution >= 0.6 is 11.8 Å². The molecule has 28 heavy (non-hydrogen) atoms. The molecule has 3 rings (SSSR count). The van der Waals surface area contributed by atoms with Crippen LogP contribution in [0.25, 0.3) is 0 Å². The van der Waals surface area contributed by atoms with Crippen molar-refractivity contribution in [2.24, 2.45) is 0 Å². The van der Waals surface area contributed by atoms with Crippen LogP contribution in [0.3, 0.4) is 0 Å². The van der Waals surface area contributed by atoms with Gasteiger partial charge in [0.1, 0.15) is 5.82 Å².